The highest BCUT2D eigenvalue weighted by Crippen LogP contribution is 2.26. The average molecular weight is 391 g/mol. The van der Waals surface area contributed by atoms with Crippen LogP contribution in [0.5, 0.6) is 5.75 Å². The van der Waals surface area contributed by atoms with Gasteiger partial charge in [0.15, 0.2) is 6.04 Å². The number of aryl methyl sites for hydroxylation is 1. The number of nitrogens with one attached hydrogen (secondary N) is 1. The van der Waals surface area contributed by atoms with Crippen LogP contribution in [-0.2, 0) is 20.7 Å². The zero-order valence-corrected chi connectivity index (χ0v) is 16.9. The summed E-state index contributed by atoms with van der Waals surface area (Å²) in [5, 5.41) is 4.76. The van der Waals surface area contributed by atoms with Gasteiger partial charge in [-0.2, -0.15) is 0 Å². The highest BCUT2D eigenvalue weighted by atomic mass is 16.5. The number of hydrogen-bond acceptors (Lipinski definition) is 4. The minimum atomic E-state index is -0.874. The molecule has 0 radical (unpaired) electrons. The molecule has 3 aromatic rings. The van der Waals surface area contributed by atoms with Crippen molar-refractivity contribution in [2.45, 2.75) is 26.3 Å². The highest BCUT2D eigenvalue weighted by molar-refractivity contribution is 5.93. The van der Waals surface area contributed by atoms with Gasteiger partial charge in [-0.05, 0) is 47.4 Å². The molecule has 0 spiro atoms. The van der Waals surface area contributed by atoms with Crippen molar-refractivity contribution in [1.29, 1.82) is 0 Å². The van der Waals surface area contributed by atoms with Gasteiger partial charge < -0.3 is 14.8 Å². The van der Waals surface area contributed by atoms with Gasteiger partial charge in [-0.15, -0.1) is 0 Å². The van der Waals surface area contributed by atoms with E-state index in [9.17, 15) is 9.59 Å². The molecule has 150 valence electrons. The Labute approximate surface area is 170 Å². The van der Waals surface area contributed by atoms with Crippen LogP contribution in [0.4, 0.5) is 0 Å². The lowest BCUT2D eigenvalue weighted by atomic mass is 9.98. The summed E-state index contributed by atoms with van der Waals surface area (Å²) in [6.07, 6.45) is 0.136. The number of esters is 1. The van der Waals surface area contributed by atoms with Gasteiger partial charge in [0.2, 0.25) is 5.91 Å². The minimum absolute atomic E-state index is 0.136. The number of ether oxygens (including phenoxy) is 2. The van der Waals surface area contributed by atoms with E-state index in [1.807, 2.05) is 67.6 Å². The molecule has 0 bridgehead atoms. The van der Waals surface area contributed by atoms with Crippen molar-refractivity contribution in [2.24, 2.45) is 0 Å². The molecule has 0 aliphatic heterocycles. The highest BCUT2D eigenvalue weighted by Gasteiger charge is 2.25. The lowest BCUT2D eigenvalue weighted by Crippen LogP contribution is -2.36. The fraction of sp³-hybridized carbons (Fsp3) is 0.250. The first-order valence-electron chi connectivity index (χ1n) is 9.60. The van der Waals surface area contributed by atoms with Crippen LogP contribution in [-0.4, -0.2) is 25.6 Å². The van der Waals surface area contributed by atoms with E-state index < -0.39 is 12.0 Å². The number of hydrogen-bond donors (Lipinski definition) is 1. The Morgan fingerprint density at radius 1 is 1.03 bits per heavy atom. The molecule has 5 nitrogen and oxygen atoms in total. The maximum absolute atomic E-state index is 12.8. The van der Waals surface area contributed by atoms with Crippen LogP contribution in [0.25, 0.3) is 10.8 Å². The summed E-state index contributed by atoms with van der Waals surface area (Å²) in [6.45, 7) is 3.93. The Bertz CT molecular complexity index is 1020. The first-order valence-corrected chi connectivity index (χ1v) is 9.60. The van der Waals surface area contributed by atoms with E-state index in [1.165, 1.54) is 0 Å². The van der Waals surface area contributed by atoms with Gasteiger partial charge in [-0.1, -0.05) is 54.6 Å². The summed E-state index contributed by atoms with van der Waals surface area (Å²) in [5.41, 5.74) is 2.53. The number of benzene rings is 3. The number of rotatable bonds is 7. The predicted molar refractivity (Wildman–Crippen MR) is 113 cm³/mol. The normalized spacial score (nSPS) is 11.7. The van der Waals surface area contributed by atoms with Gasteiger partial charge >= 0.3 is 5.97 Å². The smallest absolute Gasteiger partial charge is 0.333 e. The van der Waals surface area contributed by atoms with Crippen molar-refractivity contribution in [1.82, 2.24) is 5.32 Å². The summed E-state index contributed by atoms with van der Waals surface area (Å²) in [7, 11) is 1.60. The van der Waals surface area contributed by atoms with E-state index in [1.54, 1.807) is 14.0 Å². The SMILES string of the molecule is CCOC(=O)[C@H](NC(=O)Cc1ccc(C)c(OC)c1)c1cccc2ccccc12. The number of carbonyl (C=O) groups excluding carboxylic acids is 2. The molecule has 3 aromatic carbocycles. The standard InChI is InChI=1S/C24H25NO4/c1-4-29-24(27)23(20-11-7-9-18-8-5-6-10-19(18)20)25-22(26)15-17-13-12-16(2)21(14-17)28-3/h5-14,23H,4,15H2,1-3H3,(H,25,26)/t23-/m1/s1. The third-order valence-corrected chi connectivity index (χ3v) is 4.80. The van der Waals surface area contributed by atoms with Crippen molar-refractivity contribution >= 4 is 22.6 Å². The Balaban J connectivity index is 1.88. The Hall–Kier alpha value is -3.34. The second kappa shape index (κ2) is 9.24. The van der Waals surface area contributed by atoms with E-state index in [4.69, 9.17) is 9.47 Å². The number of fused-ring (bicyclic) bond motifs is 1. The van der Waals surface area contributed by atoms with Gasteiger partial charge in [-0.3, -0.25) is 4.79 Å². The largest absolute Gasteiger partial charge is 0.496 e. The maximum Gasteiger partial charge on any atom is 0.333 e. The van der Waals surface area contributed by atoms with Crippen LogP contribution >= 0.6 is 0 Å². The van der Waals surface area contributed by atoms with E-state index in [0.717, 1.165) is 33.2 Å². The molecular formula is C24H25NO4. The van der Waals surface area contributed by atoms with E-state index in [0.29, 0.717) is 0 Å². The maximum atomic E-state index is 12.8. The van der Waals surface area contributed by atoms with Gasteiger partial charge in [0, 0.05) is 0 Å². The van der Waals surface area contributed by atoms with E-state index in [2.05, 4.69) is 5.32 Å². The van der Waals surface area contributed by atoms with Crippen LogP contribution in [0.15, 0.2) is 60.7 Å². The molecule has 0 fully saturated rings. The van der Waals surface area contributed by atoms with Crippen molar-refractivity contribution in [3.05, 3.63) is 77.4 Å². The molecule has 29 heavy (non-hydrogen) atoms. The van der Waals surface area contributed by atoms with Crippen molar-refractivity contribution in [2.75, 3.05) is 13.7 Å². The van der Waals surface area contributed by atoms with Crippen LogP contribution in [0.1, 0.15) is 29.7 Å². The topological polar surface area (TPSA) is 64.6 Å². The Morgan fingerprint density at radius 2 is 1.79 bits per heavy atom. The molecule has 0 saturated heterocycles. The molecule has 0 aromatic heterocycles. The zero-order chi connectivity index (χ0) is 20.8. The van der Waals surface area contributed by atoms with Gasteiger partial charge in [0.25, 0.3) is 0 Å². The second-order valence-electron chi connectivity index (χ2n) is 6.80. The molecule has 0 aliphatic carbocycles. The molecule has 5 heteroatoms. The van der Waals surface area contributed by atoms with Crippen molar-refractivity contribution < 1.29 is 19.1 Å². The first-order chi connectivity index (χ1) is 14.0. The fourth-order valence-corrected chi connectivity index (χ4v) is 3.36. The summed E-state index contributed by atoms with van der Waals surface area (Å²) < 4.78 is 10.6. The minimum Gasteiger partial charge on any atom is -0.496 e. The van der Waals surface area contributed by atoms with Crippen LogP contribution < -0.4 is 10.1 Å². The molecule has 1 N–H and O–H groups in total. The predicted octanol–water partition coefficient (Wildman–Crippen LogP) is 4.12. The van der Waals surface area contributed by atoms with E-state index >= 15 is 0 Å². The Kier molecular flexibility index (Phi) is 6.50. The number of carbonyl (C=O) groups is 2. The van der Waals surface area contributed by atoms with Crippen molar-refractivity contribution in [3.8, 4) is 5.75 Å². The quantitative estimate of drug-likeness (QED) is 0.616. The molecule has 0 saturated carbocycles. The van der Waals surface area contributed by atoms with Gasteiger partial charge in [-0.25, -0.2) is 4.79 Å². The molecule has 1 amide bonds. The first kappa shape index (κ1) is 20.4. The monoisotopic (exact) mass is 391 g/mol. The second-order valence-corrected chi connectivity index (χ2v) is 6.80. The molecule has 0 aliphatic rings. The summed E-state index contributed by atoms with van der Waals surface area (Å²) in [4.78, 5) is 25.4. The third kappa shape index (κ3) is 4.74. The molecule has 1 atom stereocenters. The summed E-state index contributed by atoms with van der Waals surface area (Å²) in [6, 6.07) is 18.2. The van der Waals surface area contributed by atoms with E-state index in [-0.39, 0.29) is 18.9 Å². The molecular weight excluding hydrogens is 366 g/mol. The zero-order valence-electron chi connectivity index (χ0n) is 16.9. The number of methoxy groups -OCH3 is 1. The Morgan fingerprint density at radius 3 is 2.55 bits per heavy atom. The van der Waals surface area contributed by atoms with Crippen LogP contribution in [0, 0.1) is 6.92 Å². The number of amides is 1. The lowest BCUT2D eigenvalue weighted by molar-refractivity contribution is -0.147. The average Bonchev–Trinajstić information content (AvgIpc) is 2.73. The summed E-state index contributed by atoms with van der Waals surface area (Å²) in [5.74, 6) is -0.00752. The van der Waals surface area contributed by atoms with Crippen molar-refractivity contribution in [3.63, 3.8) is 0 Å². The fourth-order valence-electron chi connectivity index (χ4n) is 3.36. The third-order valence-electron chi connectivity index (χ3n) is 4.80. The molecule has 0 unspecified atom stereocenters. The molecule has 0 heterocycles. The van der Waals surface area contributed by atoms with Crippen LogP contribution in [0.3, 0.4) is 0 Å². The van der Waals surface area contributed by atoms with Gasteiger partial charge in [0.1, 0.15) is 5.75 Å². The summed E-state index contributed by atoms with van der Waals surface area (Å²) >= 11 is 0. The molecule has 3 rings (SSSR count). The van der Waals surface area contributed by atoms with Crippen LogP contribution in [0.2, 0.25) is 0 Å². The van der Waals surface area contributed by atoms with Gasteiger partial charge in [0.05, 0.1) is 20.1 Å². The lowest BCUT2D eigenvalue weighted by Gasteiger charge is -2.19.